The SMILES string of the molecule is CNC(Cc1ccnc(N)c1)C1CN(C)CCN1C. The number of hydrogen-bond acceptors (Lipinski definition) is 5. The first-order chi connectivity index (χ1) is 9.10. The third-order valence-electron chi connectivity index (χ3n) is 4.04. The first kappa shape index (κ1) is 14.2. The molecule has 0 bridgehead atoms. The first-order valence-electron chi connectivity index (χ1n) is 6.86. The van der Waals surface area contributed by atoms with E-state index in [-0.39, 0.29) is 0 Å². The van der Waals surface area contributed by atoms with E-state index in [4.69, 9.17) is 5.73 Å². The summed E-state index contributed by atoms with van der Waals surface area (Å²) in [5.41, 5.74) is 7.00. The number of nitrogens with two attached hydrogens (primary N) is 1. The molecule has 1 aliphatic rings. The topological polar surface area (TPSA) is 57.4 Å². The van der Waals surface area contributed by atoms with E-state index in [2.05, 4.69) is 34.2 Å². The fourth-order valence-corrected chi connectivity index (χ4v) is 2.78. The Morgan fingerprint density at radius 3 is 2.95 bits per heavy atom. The van der Waals surface area contributed by atoms with Crippen LogP contribution in [0.25, 0.3) is 0 Å². The van der Waals surface area contributed by atoms with Crippen molar-refractivity contribution in [2.45, 2.75) is 18.5 Å². The molecule has 2 heterocycles. The lowest BCUT2D eigenvalue weighted by Crippen LogP contribution is -2.58. The minimum Gasteiger partial charge on any atom is -0.384 e. The minimum atomic E-state index is 0.426. The lowest BCUT2D eigenvalue weighted by molar-refractivity contribution is 0.0897. The zero-order chi connectivity index (χ0) is 13.8. The molecule has 3 N–H and O–H groups in total. The van der Waals surface area contributed by atoms with Crippen LogP contribution in [0, 0.1) is 0 Å². The predicted octanol–water partition coefficient (Wildman–Crippen LogP) is 0.0401. The van der Waals surface area contributed by atoms with E-state index in [1.54, 1.807) is 6.20 Å². The van der Waals surface area contributed by atoms with Gasteiger partial charge in [0.05, 0.1) is 0 Å². The Bertz CT molecular complexity index is 409. The number of hydrogen-bond donors (Lipinski definition) is 2. The lowest BCUT2D eigenvalue weighted by atomic mass is 9.97. The van der Waals surface area contributed by atoms with Crippen molar-refractivity contribution < 1.29 is 0 Å². The van der Waals surface area contributed by atoms with Crippen LogP contribution in [0.4, 0.5) is 5.82 Å². The lowest BCUT2D eigenvalue weighted by Gasteiger charge is -2.42. The molecule has 1 aliphatic heterocycles. The second kappa shape index (κ2) is 6.32. The minimum absolute atomic E-state index is 0.426. The van der Waals surface area contributed by atoms with Crippen LogP contribution in [0.3, 0.4) is 0 Å². The van der Waals surface area contributed by atoms with E-state index in [9.17, 15) is 0 Å². The van der Waals surface area contributed by atoms with Gasteiger partial charge < -0.3 is 16.0 Å². The van der Waals surface area contributed by atoms with Crippen LogP contribution in [0.2, 0.25) is 0 Å². The zero-order valence-corrected chi connectivity index (χ0v) is 12.1. The van der Waals surface area contributed by atoms with Crippen molar-refractivity contribution in [2.24, 2.45) is 0 Å². The van der Waals surface area contributed by atoms with Gasteiger partial charge in [0.15, 0.2) is 0 Å². The van der Waals surface area contributed by atoms with Gasteiger partial charge in [-0.15, -0.1) is 0 Å². The number of pyridine rings is 1. The highest BCUT2D eigenvalue weighted by Crippen LogP contribution is 2.15. The first-order valence-corrected chi connectivity index (χ1v) is 6.86. The molecular weight excluding hydrogens is 238 g/mol. The molecule has 106 valence electrons. The van der Waals surface area contributed by atoms with Gasteiger partial charge in [0.1, 0.15) is 5.82 Å². The normalized spacial score (nSPS) is 23.4. The molecule has 1 aromatic heterocycles. The molecule has 2 rings (SSSR count). The molecule has 19 heavy (non-hydrogen) atoms. The zero-order valence-electron chi connectivity index (χ0n) is 12.1. The molecule has 5 heteroatoms. The number of aromatic nitrogens is 1. The summed E-state index contributed by atoms with van der Waals surface area (Å²) in [6.45, 7) is 3.37. The predicted molar refractivity (Wildman–Crippen MR) is 79.1 cm³/mol. The largest absolute Gasteiger partial charge is 0.384 e. The monoisotopic (exact) mass is 263 g/mol. The highest BCUT2D eigenvalue weighted by molar-refractivity contribution is 5.32. The number of anilines is 1. The molecule has 1 saturated heterocycles. The Kier molecular flexibility index (Phi) is 4.74. The van der Waals surface area contributed by atoms with Crippen molar-refractivity contribution in [2.75, 3.05) is 46.5 Å². The average molecular weight is 263 g/mol. The van der Waals surface area contributed by atoms with Crippen molar-refractivity contribution in [1.82, 2.24) is 20.1 Å². The smallest absolute Gasteiger partial charge is 0.123 e. The van der Waals surface area contributed by atoms with Crippen molar-refractivity contribution in [3.63, 3.8) is 0 Å². The molecule has 0 radical (unpaired) electrons. The van der Waals surface area contributed by atoms with Crippen molar-refractivity contribution in [1.29, 1.82) is 0 Å². The summed E-state index contributed by atoms with van der Waals surface area (Å²) in [4.78, 5) is 8.90. The number of nitrogen functional groups attached to an aromatic ring is 1. The second-order valence-electron chi connectivity index (χ2n) is 5.50. The van der Waals surface area contributed by atoms with Gasteiger partial charge in [-0.25, -0.2) is 4.98 Å². The maximum Gasteiger partial charge on any atom is 0.123 e. The van der Waals surface area contributed by atoms with E-state index < -0.39 is 0 Å². The molecule has 5 nitrogen and oxygen atoms in total. The van der Waals surface area contributed by atoms with Crippen LogP contribution in [0.5, 0.6) is 0 Å². The maximum absolute atomic E-state index is 5.75. The van der Waals surface area contributed by atoms with Crippen molar-refractivity contribution in [3.05, 3.63) is 23.9 Å². The fourth-order valence-electron chi connectivity index (χ4n) is 2.78. The van der Waals surface area contributed by atoms with E-state index in [1.807, 2.05) is 19.2 Å². The summed E-state index contributed by atoms with van der Waals surface area (Å²) in [7, 11) is 6.44. The summed E-state index contributed by atoms with van der Waals surface area (Å²) in [6.07, 6.45) is 2.76. The average Bonchev–Trinajstić information content (AvgIpc) is 2.39. The molecule has 2 unspecified atom stereocenters. The van der Waals surface area contributed by atoms with Gasteiger partial charge in [0.2, 0.25) is 0 Å². The van der Waals surface area contributed by atoms with Gasteiger partial charge in [0, 0.05) is 37.9 Å². The molecule has 0 saturated carbocycles. The van der Waals surface area contributed by atoms with Crippen LogP contribution < -0.4 is 11.1 Å². The highest BCUT2D eigenvalue weighted by Gasteiger charge is 2.28. The fraction of sp³-hybridized carbons (Fsp3) is 0.643. The highest BCUT2D eigenvalue weighted by atomic mass is 15.3. The van der Waals surface area contributed by atoms with Gasteiger partial charge in [-0.3, -0.25) is 4.90 Å². The van der Waals surface area contributed by atoms with Crippen molar-refractivity contribution in [3.8, 4) is 0 Å². The Labute approximate surface area is 115 Å². The standard InChI is InChI=1S/C14H25N5/c1-16-12(8-11-4-5-17-14(15)9-11)13-10-18(2)6-7-19(13)3/h4-5,9,12-13,16H,6-8,10H2,1-3H3,(H2,15,17). The van der Waals surface area contributed by atoms with Crippen LogP contribution >= 0.6 is 0 Å². The number of piperazine rings is 1. The number of likely N-dealkylation sites (N-methyl/N-ethyl adjacent to an activating group) is 3. The van der Waals surface area contributed by atoms with Gasteiger partial charge >= 0.3 is 0 Å². The Hall–Kier alpha value is -1.17. The van der Waals surface area contributed by atoms with Crippen molar-refractivity contribution >= 4 is 5.82 Å². The second-order valence-corrected chi connectivity index (χ2v) is 5.50. The quantitative estimate of drug-likeness (QED) is 0.803. The molecule has 0 aromatic carbocycles. The molecule has 0 spiro atoms. The van der Waals surface area contributed by atoms with Gasteiger partial charge in [-0.1, -0.05) is 0 Å². The van der Waals surface area contributed by atoms with Crippen LogP contribution in [0.1, 0.15) is 5.56 Å². The molecule has 1 fully saturated rings. The third kappa shape index (κ3) is 3.65. The van der Waals surface area contributed by atoms with E-state index >= 15 is 0 Å². The summed E-state index contributed by atoms with van der Waals surface area (Å²) in [6, 6.07) is 4.97. The van der Waals surface area contributed by atoms with Gasteiger partial charge in [-0.2, -0.15) is 0 Å². The molecular formula is C14H25N5. The van der Waals surface area contributed by atoms with Gasteiger partial charge in [-0.05, 0) is 45.3 Å². The number of nitrogens with one attached hydrogen (secondary N) is 1. The third-order valence-corrected chi connectivity index (χ3v) is 4.04. The Morgan fingerprint density at radius 2 is 2.26 bits per heavy atom. The van der Waals surface area contributed by atoms with Gasteiger partial charge in [0.25, 0.3) is 0 Å². The van der Waals surface area contributed by atoms with Crippen LogP contribution in [0.15, 0.2) is 18.3 Å². The molecule has 1 aromatic rings. The molecule has 2 atom stereocenters. The van der Waals surface area contributed by atoms with E-state index in [1.165, 1.54) is 5.56 Å². The van der Waals surface area contributed by atoms with E-state index in [0.29, 0.717) is 17.9 Å². The summed E-state index contributed by atoms with van der Waals surface area (Å²) in [5, 5.41) is 3.46. The summed E-state index contributed by atoms with van der Waals surface area (Å²) >= 11 is 0. The van der Waals surface area contributed by atoms with E-state index in [0.717, 1.165) is 26.1 Å². The maximum atomic E-state index is 5.75. The molecule has 0 amide bonds. The van der Waals surface area contributed by atoms with Crippen LogP contribution in [-0.2, 0) is 6.42 Å². The number of rotatable bonds is 4. The molecule has 0 aliphatic carbocycles. The summed E-state index contributed by atoms with van der Waals surface area (Å²) in [5.74, 6) is 0.599. The Morgan fingerprint density at radius 1 is 1.47 bits per heavy atom. The Balaban J connectivity index is 2.06. The summed E-state index contributed by atoms with van der Waals surface area (Å²) < 4.78 is 0. The van der Waals surface area contributed by atoms with Crippen LogP contribution in [-0.4, -0.2) is 67.6 Å². The number of nitrogens with zero attached hydrogens (tertiary/aromatic N) is 3.